The molecule has 11 nitrogen and oxygen atoms in total. The van der Waals surface area contributed by atoms with E-state index in [9.17, 15) is 27.9 Å². The zero-order valence-corrected chi connectivity index (χ0v) is 23.6. The Morgan fingerprint density at radius 3 is 2.63 bits per heavy atom. The van der Waals surface area contributed by atoms with Gasteiger partial charge in [0.25, 0.3) is 0 Å². The average Bonchev–Trinajstić information content (AvgIpc) is 3.53. The van der Waals surface area contributed by atoms with Crippen LogP contribution in [0.5, 0.6) is 0 Å². The number of amides is 1. The van der Waals surface area contributed by atoms with E-state index in [2.05, 4.69) is 30.4 Å². The van der Waals surface area contributed by atoms with Gasteiger partial charge in [-0.05, 0) is 39.3 Å². The predicted octanol–water partition coefficient (Wildman–Crippen LogP) is 4.83. The number of anilines is 2. The van der Waals surface area contributed by atoms with Crippen molar-refractivity contribution in [2.24, 2.45) is 5.41 Å². The first kappa shape index (κ1) is 28.7. The molecule has 0 bridgehead atoms. The van der Waals surface area contributed by atoms with Crippen molar-refractivity contribution in [1.82, 2.24) is 29.7 Å². The number of nitrogens with zero attached hydrogens (tertiary/aromatic N) is 6. The second kappa shape index (κ2) is 9.91. The normalized spacial score (nSPS) is 17.2. The number of fused-ring (bicyclic) bond motifs is 2. The van der Waals surface area contributed by atoms with Crippen molar-refractivity contribution in [3.8, 4) is 11.5 Å². The van der Waals surface area contributed by atoms with Crippen molar-refractivity contribution in [3.05, 3.63) is 38.9 Å². The Bertz CT molecular complexity index is 1700. The van der Waals surface area contributed by atoms with Crippen LogP contribution in [0.1, 0.15) is 49.9 Å². The second-order valence-corrected chi connectivity index (χ2v) is 11.8. The fourth-order valence-corrected chi connectivity index (χ4v) is 5.77. The molecule has 4 aromatic rings. The summed E-state index contributed by atoms with van der Waals surface area (Å²) in [6, 6.07) is 3.12. The van der Waals surface area contributed by atoms with Crippen LogP contribution in [-0.4, -0.2) is 52.9 Å². The molecule has 1 aliphatic heterocycles. The number of pyridine rings is 1. The van der Waals surface area contributed by atoms with Gasteiger partial charge in [-0.2, -0.15) is 18.3 Å². The van der Waals surface area contributed by atoms with Gasteiger partial charge in [0.05, 0.1) is 22.1 Å². The van der Waals surface area contributed by atoms with Gasteiger partial charge in [0.15, 0.2) is 11.5 Å². The van der Waals surface area contributed by atoms with Gasteiger partial charge in [0.1, 0.15) is 32.9 Å². The predicted molar refractivity (Wildman–Crippen MR) is 146 cm³/mol. The fraction of sp³-hybridized carbons (Fsp3) is 0.400. The molecule has 16 heteroatoms. The number of nitrogens with one attached hydrogen (secondary N) is 1. The standard InChI is InChI=1S/C25H24ClF3N8O3S/c1-23(2,22(39)40)9-11-10-41-21(31-11)24(3)14-16(30)33-18(34-17(14)35-20(24)38)15-12-5-6-13(26)32-19(12)37(36-15)8-4-7-25(27,28)29/h5-6,10H,4,7-9H2,1-3H3,(H,39,40)(H3,30,33,34,35,38)/t24-/m0/s1. The summed E-state index contributed by atoms with van der Waals surface area (Å²) in [5.74, 6) is -1.25. The van der Waals surface area contributed by atoms with Crippen molar-refractivity contribution in [2.45, 2.75) is 58.2 Å². The highest BCUT2D eigenvalue weighted by Gasteiger charge is 2.50. The van der Waals surface area contributed by atoms with Gasteiger partial charge in [-0.15, -0.1) is 11.3 Å². The summed E-state index contributed by atoms with van der Waals surface area (Å²) in [6.45, 7) is 4.73. The van der Waals surface area contributed by atoms with Crippen molar-refractivity contribution < 1.29 is 27.9 Å². The number of aryl methyl sites for hydroxylation is 1. The third kappa shape index (κ3) is 5.19. The summed E-state index contributed by atoms with van der Waals surface area (Å²) in [7, 11) is 0. The van der Waals surface area contributed by atoms with Crippen molar-refractivity contribution >= 4 is 57.5 Å². The lowest BCUT2D eigenvalue weighted by atomic mass is 9.85. The number of carboxylic acids is 1. The summed E-state index contributed by atoms with van der Waals surface area (Å²) < 4.78 is 39.5. The zero-order chi connectivity index (χ0) is 29.9. The first-order valence-corrected chi connectivity index (χ1v) is 13.6. The number of carbonyl (C=O) groups excluding carboxylic acids is 1. The van der Waals surface area contributed by atoms with E-state index in [1.165, 1.54) is 22.1 Å². The third-order valence-electron chi connectivity index (χ3n) is 6.91. The number of aliphatic carboxylic acids is 1. The van der Waals surface area contributed by atoms with E-state index >= 15 is 0 Å². The van der Waals surface area contributed by atoms with E-state index < -0.39 is 35.3 Å². The van der Waals surface area contributed by atoms with Gasteiger partial charge in [-0.3, -0.25) is 9.59 Å². The maximum Gasteiger partial charge on any atom is 0.389 e. The molecule has 4 aromatic heterocycles. The van der Waals surface area contributed by atoms with Gasteiger partial charge in [0.2, 0.25) is 5.91 Å². The molecular formula is C25H24ClF3N8O3S. The molecule has 4 N–H and O–H groups in total. The molecule has 0 fully saturated rings. The highest BCUT2D eigenvalue weighted by Crippen LogP contribution is 2.46. The Kier molecular flexibility index (Phi) is 6.93. The molecular weight excluding hydrogens is 585 g/mol. The number of hydrogen-bond acceptors (Lipinski definition) is 9. The number of nitrogen functional groups attached to an aromatic ring is 1. The summed E-state index contributed by atoms with van der Waals surface area (Å²) in [4.78, 5) is 42.6. The molecule has 0 unspecified atom stereocenters. The van der Waals surface area contributed by atoms with E-state index in [0.29, 0.717) is 21.7 Å². The minimum Gasteiger partial charge on any atom is -0.481 e. The third-order valence-corrected chi connectivity index (χ3v) is 8.23. The lowest BCUT2D eigenvalue weighted by Crippen LogP contribution is -2.33. The Morgan fingerprint density at radius 2 is 1.95 bits per heavy atom. The molecule has 1 aliphatic rings. The van der Waals surface area contributed by atoms with Gasteiger partial charge in [-0.1, -0.05) is 11.6 Å². The molecule has 1 amide bonds. The molecule has 5 heterocycles. The van der Waals surface area contributed by atoms with Crippen LogP contribution in [0.15, 0.2) is 17.5 Å². The highest BCUT2D eigenvalue weighted by molar-refractivity contribution is 7.10. The van der Waals surface area contributed by atoms with Gasteiger partial charge < -0.3 is 16.2 Å². The summed E-state index contributed by atoms with van der Waals surface area (Å²) >= 11 is 7.25. The van der Waals surface area contributed by atoms with Gasteiger partial charge in [-0.25, -0.2) is 24.6 Å². The molecule has 0 saturated heterocycles. The number of halogens is 4. The number of nitrogens with two attached hydrogens (primary N) is 1. The first-order valence-electron chi connectivity index (χ1n) is 12.4. The van der Waals surface area contributed by atoms with Crippen molar-refractivity contribution in [2.75, 3.05) is 11.1 Å². The van der Waals surface area contributed by atoms with Crippen molar-refractivity contribution in [1.29, 1.82) is 0 Å². The van der Waals surface area contributed by atoms with E-state index in [0.717, 1.165) is 0 Å². The molecule has 41 heavy (non-hydrogen) atoms. The van der Waals surface area contributed by atoms with E-state index in [-0.39, 0.29) is 53.3 Å². The molecule has 216 valence electrons. The number of carboxylic acid groups (broad SMARTS) is 1. The molecule has 0 spiro atoms. The van der Waals surface area contributed by atoms with Crippen LogP contribution in [0.3, 0.4) is 0 Å². The monoisotopic (exact) mass is 608 g/mol. The number of carbonyl (C=O) groups is 2. The minimum atomic E-state index is -4.32. The second-order valence-electron chi connectivity index (χ2n) is 10.5. The van der Waals surface area contributed by atoms with Crippen LogP contribution in [0.2, 0.25) is 5.15 Å². The molecule has 0 saturated carbocycles. The lowest BCUT2D eigenvalue weighted by Gasteiger charge is -2.20. The number of rotatable bonds is 8. The summed E-state index contributed by atoms with van der Waals surface area (Å²) in [6.07, 6.45) is -5.38. The molecule has 1 atom stereocenters. The number of thiazole rings is 1. The van der Waals surface area contributed by atoms with E-state index in [1.54, 1.807) is 32.2 Å². The van der Waals surface area contributed by atoms with Crippen LogP contribution in [0, 0.1) is 5.41 Å². The van der Waals surface area contributed by atoms with Crippen molar-refractivity contribution in [3.63, 3.8) is 0 Å². The van der Waals surface area contributed by atoms with Crippen LogP contribution in [-0.2, 0) is 28.0 Å². The van der Waals surface area contributed by atoms with Crippen LogP contribution in [0.4, 0.5) is 24.8 Å². The molecule has 0 radical (unpaired) electrons. The van der Waals surface area contributed by atoms with Crippen LogP contribution < -0.4 is 11.1 Å². The summed E-state index contributed by atoms with van der Waals surface area (Å²) in [5, 5.41) is 19.3. The maximum absolute atomic E-state index is 13.3. The molecule has 5 rings (SSSR count). The smallest absolute Gasteiger partial charge is 0.389 e. The topological polar surface area (TPSA) is 162 Å². The zero-order valence-electron chi connectivity index (χ0n) is 22.0. The highest BCUT2D eigenvalue weighted by atomic mass is 35.5. The van der Waals surface area contributed by atoms with E-state index in [1.807, 2.05) is 0 Å². The SMILES string of the molecule is CC(C)(Cc1csc([C@]2(C)C(=O)Nc3nc(-c4nn(CCCC(F)(F)F)c5nc(Cl)ccc45)nc(N)c32)n1)C(=O)O. The van der Waals surface area contributed by atoms with Gasteiger partial charge >= 0.3 is 12.1 Å². The maximum atomic E-state index is 13.3. The summed E-state index contributed by atoms with van der Waals surface area (Å²) in [5.41, 5.74) is 5.28. The van der Waals surface area contributed by atoms with Gasteiger partial charge in [0, 0.05) is 24.8 Å². The minimum absolute atomic E-state index is 0.0184. The quantitative estimate of drug-likeness (QED) is 0.238. The van der Waals surface area contributed by atoms with Crippen LogP contribution in [0.25, 0.3) is 22.6 Å². The Labute approximate surface area is 240 Å². The molecule has 0 aromatic carbocycles. The average molecular weight is 609 g/mol. The largest absolute Gasteiger partial charge is 0.481 e. The van der Waals surface area contributed by atoms with E-state index in [4.69, 9.17) is 17.3 Å². The number of hydrogen-bond donors (Lipinski definition) is 3. The molecule has 0 aliphatic carbocycles. The fourth-order valence-electron chi connectivity index (χ4n) is 4.64. The first-order chi connectivity index (χ1) is 19.1. The van der Waals surface area contributed by atoms with Crippen LogP contribution >= 0.6 is 22.9 Å². The number of alkyl halides is 3. The lowest BCUT2D eigenvalue weighted by molar-refractivity contribution is -0.146. The Balaban J connectivity index is 1.53. The Hall–Kier alpha value is -3.85. The number of aromatic nitrogens is 6. The Morgan fingerprint density at radius 1 is 1.22 bits per heavy atom.